The second kappa shape index (κ2) is 6.83. The highest BCUT2D eigenvalue weighted by Crippen LogP contribution is 2.14. The Morgan fingerprint density at radius 1 is 1.42 bits per heavy atom. The standard InChI is InChI=1S/C15H20N2O2/c16-12-5-4-8-14(11-12)19-10-9-15(18)17-13-6-2-1-3-7-13/h1-2,4-5,8,11,13H,3,6-7,9-10,16H2,(H,17,18). The van der Waals surface area contributed by atoms with E-state index in [1.807, 2.05) is 12.1 Å². The largest absolute Gasteiger partial charge is 0.493 e. The smallest absolute Gasteiger partial charge is 0.223 e. The number of anilines is 1. The van der Waals surface area contributed by atoms with Crippen LogP contribution in [0.1, 0.15) is 25.7 Å². The molecule has 1 aromatic carbocycles. The zero-order chi connectivity index (χ0) is 13.5. The number of ether oxygens (including phenoxy) is 1. The maximum atomic E-state index is 11.7. The van der Waals surface area contributed by atoms with Gasteiger partial charge in [0.2, 0.25) is 5.91 Å². The first-order valence-electron chi connectivity index (χ1n) is 6.67. The van der Waals surface area contributed by atoms with Crippen molar-refractivity contribution in [2.75, 3.05) is 12.3 Å². The number of benzene rings is 1. The number of nitrogens with two attached hydrogens (primary N) is 1. The number of carbonyl (C=O) groups is 1. The van der Waals surface area contributed by atoms with Crippen LogP contribution in [0.25, 0.3) is 0 Å². The van der Waals surface area contributed by atoms with Crippen molar-refractivity contribution in [2.24, 2.45) is 0 Å². The maximum absolute atomic E-state index is 11.7. The van der Waals surface area contributed by atoms with Crippen molar-refractivity contribution in [3.05, 3.63) is 36.4 Å². The van der Waals surface area contributed by atoms with Gasteiger partial charge in [0.15, 0.2) is 0 Å². The van der Waals surface area contributed by atoms with E-state index in [1.54, 1.807) is 12.1 Å². The summed E-state index contributed by atoms with van der Waals surface area (Å²) in [4.78, 5) is 11.7. The summed E-state index contributed by atoms with van der Waals surface area (Å²) in [6.07, 6.45) is 7.66. The fraction of sp³-hybridized carbons (Fsp3) is 0.400. The molecule has 0 heterocycles. The van der Waals surface area contributed by atoms with Crippen molar-refractivity contribution >= 4 is 11.6 Å². The van der Waals surface area contributed by atoms with Crippen LogP contribution >= 0.6 is 0 Å². The summed E-state index contributed by atoms with van der Waals surface area (Å²) in [6, 6.07) is 7.50. The predicted octanol–water partition coefficient (Wildman–Crippen LogP) is 2.26. The lowest BCUT2D eigenvalue weighted by molar-refractivity contribution is -0.122. The second-order valence-corrected chi connectivity index (χ2v) is 4.72. The number of amides is 1. The molecule has 3 N–H and O–H groups in total. The molecule has 0 aliphatic heterocycles. The van der Waals surface area contributed by atoms with Gasteiger partial charge >= 0.3 is 0 Å². The first-order chi connectivity index (χ1) is 9.24. The van der Waals surface area contributed by atoms with Gasteiger partial charge in [0.25, 0.3) is 0 Å². The average molecular weight is 260 g/mol. The molecular weight excluding hydrogens is 240 g/mol. The van der Waals surface area contributed by atoms with E-state index in [2.05, 4.69) is 17.5 Å². The van der Waals surface area contributed by atoms with E-state index >= 15 is 0 Å². The third-order valence-electron chi connectivity index (χ3n) is 3.09. The molecule has 0 spiro atoms. The van der Waals surface area contributed by atoms with Crippen LogP contribution < -0.4 is 15.8 Å². The molecule has 0 fully saturated rings. The van der Waals surface area contributed by atoms with Crippen molar-refractivity contribution < 1.29 is 9.53 Å². The maximum Gasteiger partial charge on any atom is 0.223 e. The normalized spacial score (nSPS) is 18.0. The van der Waals surface area contributed by atoms with Crippen LogP contribution in [-0.2, 0) is 4.79 Å². The fourth-order valence-corrected chi connectivity index (χ4v) is 2.09. The Kier molecular flexibility index (Phi) is 4.84. The van der Waals surface area contributed by atoms with Crippen LogP contribution in [0.2, 0.25) is 0 Å². The Morgan fingerprint density at radius 2 is 2.32 bits per heavy atom. The highest BCUT2D eigenvalue weighted by atomic mass is 16.5. The molecule has 0 aromatic heterocycles. The van der Waals surface area contributed by atoms with Crippen LogP contribution in [0.4, 0.5) is 5.69 Å². The van der Waals surface area contributed by atoms with Gasteiger partial charge in [0.1, 0.15) is 5.75 Å². The van der Waals surface area contributed by atoms with E-state index in [4.69, 9.17) is 10.5 Å². The van der Waals surface area contributed by atoms with Gasteiger partial charge in [-0.3, -0.25) is 4.79 Å². The molecule has 1 atom stereocenters. The van der Waals surface area contributed by atoms with Gasteiger partial charge < -0.3 is 15.8 Å². The zero-order valence-electron chi connectivity index (χ0n) is 11.0. The summed E-state index contributed by atoms with van der Waals surface area (Å²) in [5.74, 6) is 0.748. The Hall–Kier alpha value is -1.97. The second-order valence-electron chi connectivity index (χ2n) is 4.72. The lowest BCUT2D eigenvalue weighted by atomic mass is 10.0. The van der Waals surface area contributed by atoms with Crippen molar-refractivity contribution in [3.8, 4) is 5.75 Å². The van der Waals surface area contributed by atoms with Gasteiger partial charge in [0, 0.05) is 17.8 Å². The molecule has 1 aromatic rings. The van der Waals surface area contributed by atoms with Crippen molar-refractivity contribution in [2.45, 2.75) is 31.7 Å². The SMILES string of the molecule is Nc1cccc(OCCC(=O)NC2CC=CCC2)c1. The average Bonchev–Trinajstić information content (AvgIpc) is 2.40. The summed E-state index contributed by atoms with van der Waals surface area (Å²) in [5, 5.41) is 3.02. The van der Waals surface area contributed by atoms with Crippen molar-refractivity contribution in [1.29, 1.82) is 0 Å². The molecular formula is C15H20N2O2. The quantitative estimate of drug-likeness (QED) is 0.630. The third-order valence-corrected chi connectivity index (χ3v) is 3.09. The molecule has 1 aliphatic rings. The van der Waals surface area contributed by atoms with Gasteiger partial charge in [-0.2, -0.15) is 0 Å². The van der Waals surface area contributed by atoms with Gasteiger partial charge in [-0.25, -0.2) is 0 Å². The number of nitrogen functional groups attached to an aromatic ring is 1. The zero-order valence-corrected chi connectivity index (χ0v) is 11.0. The number of hydrogen-bond donors (Lipinski definition) is 2. The van der Waals surface area contributed by atoms with Gasteiger partial charge in [-0.05, 0) is 31.4 Å². The van der Waals surface area contributed by atoms with E-state index in [-0.39, 0.29) is 11.9 Å². The van der Waals surface area contributed by atoms with Gasteiger partial charge in [0.05, 0.1) is 13.0 Å². The van der Waals surface area contributed by atoms with Gasteiger partial charge in [-0.1, -0.05) is 18.2 Å². The Balaban J connectivity index is 1.67. The molecule has 4 nitrogen and oxygen atoms in total. The first-order valence-corrected chi connectivity index (χ1v) is 6.67. The number of allylic oxidation sites excluding steroid dienone is 1. The topological polar surface area (TPSA) is 64.3 Å². The third kappa shape index (κ3) is 4.66. The molecule has 0 saturated heterocycles. The van der Waals surface area contributed by atoms with E-state index in [1.165, 1.54) is 0 Å². The summed E-state index contributed by atoms with van der Waals surface area (Å²) in [6.45, 7) is 0.373. The summed E-state index contributed by atoms with van der Waals surface area (Å²) in [5.41, 5.74) is 6.31. The molecule has 2 rings (SSSR count). The fourth-order valence-electron chi connectivity index (χ4n) is 2.09. The molecule has 1 unspecified atom stereocenters. The first kappa shape index (κ1) is 13.5. The van der Waals surface area contributed by atoms with E-state index in [0.29, 0.717) is 24.5 Å². The minimum Gasteiger partial charge on any atom is -0.493 e. The number of carbonyl (C=O) groups excluding carboxylic acids is 1. The molecule has 0 bridgehead atoms. The number of rotatable bonds is 5. The lowest BCUT2D eigenvalue weighted by Gasteiger charge is -2.19. The number of hydrogen-bond acceptors (Lipinski definition) is 3. The number of nitrogens with one attached hydrogen (secondary N) is 1. The highest BCUT2D eigenvalue weighted by molar-refractivity contribution is 5.76. The minimum absolute atomic E-state index is 0.0456. The van der Waals surface area contributed by atoms with E-state index < -0.39 is 0 Å². The van der Waals surface area contributed by atoms with Crippen LogP contribution in [0, 0.1) is 0 Å². The Morgan fingerprint density at radius 3 is 3.05 bits per heavy atom. The molecule has 19 heavy (non-hydrogen) atoms. The van der Waals surface area contributed by atoms with Crippen LogP contribution in [0.5, 0.6) is 5.75 Å². The highest BCUT2D eigenvalue weighted by Gasteiger charge is 2.12. The lowest BCUT2D eigenvalue weighted by Crippen LogP contribution is -2.35. The van der Waals surface area contributed by atoms with Crippen molar-refractivity contribution in [1.82, 2.24) is 5.32 Å². The van der Waals surface area contributed by atoms with E-state index in [9.17, 15) is 4.79 Å². The minimum atomic E-state index is 0.0456. The summed E-state index contributed by atoms with van der Waals surface area (Å²) >= 11 is 0. The Labute approximate surface area is 113 Å². The van der Waals surface area contributed by atoms with E-state index in [0.717, 1.165) is 19.3 Å². The molecule has 0 radical (unpaired) electrons. The molecule has 4 heteroatoms. The monoisotopic (exact) mass is 260 g/mol. The van der Waals surface area contributed by atoms with Crippen molar-refractivity contribution in [3.63, 3.8) is 0 Å². The molecule has 102 valence electrons. The molecule has 1 aliphatic carbocycles. The Bertz CT molecular complexity index is 457. The predicted molar refractivity (Wildman–Crippen MR) is 75.9 cm³/mol. The van der Waals surface area contributed by atoms with Crippen LogP contribution in [-0.4, -0.2) is 18.6 Å². The summed E-state index contributed by atoms with van der Waals surface area (Å²) < 4.78 is 5.49. The van der Waals surface area contributed by atoms with Gasteiger partial charge in [-0.15, -0.1) is 0 Å². The summed E-state index contributed by atoms with van der Waals surface area (Å²) in [7, 11) is 0. The molecule has 1 amide bonds. The van der Waals surface area contributed by atoms with Crippen LogP contribution in [0.3, 0.4) is 0 Å². The van der Waals surface area contributed by atoms with Crippen LogP contribution in [0.15, 0.2) is 36.4 Å². The molecule has 0 saturated carbocycles.